The Hall–Kier alpha value is -6.32. The van der Waals surface area contributed by atoms with Crippen LogP contribution in [0.4, 0.5) is 17.1 Å². The van der Waals surface area contributed by atoms with Crippen LogP contribution in [0.15, 0.2) is 169 Å². The first-order valence-corrected chi connectivity index (χ1v) is 21.8. The maximum absolute atomic E-state index is 2.70. The molecule has 0 saturated heterocycles. The largest absolute Gasteiger partial charge is 0.330 e. The number of rotatable bonds is 7. The second-order valence-electron chi connectivity index (χ2n) is 18.5. The van der Waals surface area contributed by atoms with E-state index >= 15 is 0 Å². The van der Waals surface area contributed by atoms with Crippen molar-refractivity contribution in [2.24, 2.45) is 29.1 Å². The van der Waals surface area contributed by atoms with Crippen LogP contribution in [-0.2, 0) is 5.54 Å². The summed E-state index contributed by atoms with van der Waals surface area (Å²) in [6.45, 7) is 4.58. The lowest BCUT2D eigenvalue weighted by atomic mass is 9.98. The van der Waals surface area contributed by atoms with E-state index in [0.29, 0.717) is 29.1 Å². The van der Waals surface area contributed by atoms with E-state index in [0.717, 1.165) is 12.8 Å². The lowest BCUT2D eigenvalue weighted by Crippen LogP contribution is -2.34. The van der Waals surface area contributed by atoms with Gasteiger partial charge in [0, 0.05) is 55.4 Å². The maximum atomic E-state index is 2.70. The minimum absolute atomic E-state index is 0.167. The van der Waals surface area contributed by atoms with Gasteiger partial charge in [-0.25, -0.2) is 0 Å². The molecule has 0 amide bonds. The van der Waals surface area contributed by atoms with E-state index in [1.165, 1.54) is 95.2 Å². The minimum atomic E-state index is -0.167. The first-order chi connectivity index (χ1) is 28.9. The summed E-state index contributed by atoms with van der Waals surface area (Å²) >= 11 is 0. The highest BCUT2D eigenvalue weighted by Crippen LogP contribution is 2.60. The molecule has 13 rings (SSSR count). The molecule has 3 heteroatoms. The molecule has 3 saturated carbocycles. The topological polar surface area (TPSA) is 11.4 Å². The summed E-state index contributed by atoms with van der Waals surface area (Å²) in [4.78, 5) is 5.07. The van der Waals surface area contributed by atoms with Crippen molar-refractivity contribution >= 4 is 62.8 Å². The minimum Gasteiger partial charge on any atom is -0.330 e. The van der Waals surface area contributed by atoms with Gasteiger partial charge in [0.25, 0.3) is 0 Å². The van der Waals surface area contributed by atoms with Gasteiger partial charge in [-0.3, -0.25) is 0 Å². The zero-order valence-electron chi connectivity index (χ0n) is 33.7. The normalized spacial score (nSPS) is 27.4. The highest BCUT2D eigenvalue weighted by molar-refractivity contribution is 6.10. The van der Waals surface area contributed by atoms with Crippen molar-refractivity contribution in [3.05, 3.63) is 196 Å². The fourth-order valence-corrected chi connectivity index (χ4v) is 11.0. The molecule has 0 spiro atoms. The third-order valence-electron chi connectivity index (χ3n) is 14.7. The molecule has 6 atom stereocenters. The van der Waals surface area contributed by atoms with Crippen molar-refractivity contribution in [2.45, 2.75) is 45.1 Å². The van der Waals surface area contributed by atoms with Gasteiger partial charge in [0.2, 0.25) is 0 Å². The van der Waals surface area contributed by atoms with Crippen LogP contribution in [0.2, 0.25) is 0 Å². The molecule has 1 heterocycles. The van der Waals surface area contributed by atoms with Crippen LogP contribution in [0.25, 0.3) is 45.7 Å². The van der Waals surface area contributed by atoms with Gasteiger partial charge in [-0.2, -0.15) is 0 Å². The second-order valence-corrected chi connectivity index (χ2v) is 18.5. The zero-order valence-corrected chi connectivity index (χ0v) is 33.7. The van der Waals surface area contributed by atoms with Crippen molar-refractivity contribution in [1.82, 2.24) is 9.47 Å². The molecule has 3 fully saturated rings. The summed E-state index contributed by atoms with van der Waals surface area (Å²) in [7, 11) is 0. The molecule has 59 heavy (non-hydrogen) atoms. The van der Waals surface area contributed by atoms with Gasteiger partial charge < -0.3 is 14.4 Å². The number of nitrogens with zero attached hydrogens (tertiary/aromatic N) is 3. The summed E-state index contributed by atoms with van der Waals surface area (Å²) in [5.74, 6) is 2.39. The number of benzene rings is 5. The van der Waals surface area contributed by atoms with Gasteiger partial charge in [0.05, 0.1) is 22.4 Å². The standard InChI is InChI=1S/C56H47N3/c1-36-18-21-43(22-19-36)57(52-17-9-12-38-28-39-29-40(39)30-49(38)52)44-24-25-54-50(32-44)48-14-6-8-16-53(48)59(54)56-34-41(56)20-23-46(35-56)58(45-26-27-55(2)33-42(55)31-45)51-15-7-4-11-37-10-3-5-13-47(37)51/h3,5-28,30-32,35,39-42H,4,29,33-34H2,1-2H3. The fourth-order valence-electron chi connectivity index (χ4n) is 11.0. The van der Waals surface area contributed by atoms with E-state index in [1.807, 2.05) is 0 Å². The molecule has 7 aliphatic rings. The Labute approximate surface area is 345 Å². The Kier molecular flexibility index (Phi) is 6.91. The molecular formula is C56H47N3. The van der Waals surface area contributed by atoms with E-state index < -0.39 is 0 Å². The van der Waals surface area contributed by atoms with Gasteiger partial charge >= 0.3 is 0 Å². The van der Waals surface area contributed by atoms with Crippen LogP contribution >= 0.6 is 0 Å². The lowest BCUT2D eigenvalue weighted by molar-refractivity contribution is 0.550. The predicted octanol–water partition coefficient (Wildman–Crippen LogP) is 10.3. The maximum Gasteiger partial charge on any atom is 0.0727 e. The molecule has 0 N–H and O–H groups in total. The fraction of sp³-hybridized carbons (Fsp3) is 0.214. The molecule has 7 aliphatic carbocycles. The van der Waals surface area contributed by atoms with E-state index in [2.05, 4.69) is 204 Å². The Morgan fingerprint density at radius 3 is 2.39 bits per heavy atom. The van der Waals surface area contributed by atoms with Gasteiger partial charge in [-0.05, 0) is 133 Å². The Bertz CT molecular complexity index is 3240. The van der Waals surface area contributed by atoms with Gasteiger partial charge in [0.15, 0.2) is 0 Å². The number of hydrogen-bond acceptors (Lipinski definition) is 2. The molecule has 1 aromatic heterocycles. The quantitative estimate of drug-likeness (QED) is 0.161. The van der Waals surface area contributed by atoms with Crippen LogP contribution in [0.3, 0.4) is 0 Å². The van der Waals surface area contributed by atoms with Crippen LogP contribution in [-0.4, -0.2) is 9.47 Å². The summed E-state index contributed by atoms with van der Waals surface area (Å²) in [5, 5.41) is 7.92. The van der Waals surface area contributed by atoms with E-state index in [-0.39, 0.29) is 5.54 Å². The molecule has 0 radical (unpaired) electrons. The smallest absolute Gasteiger partial charge is 0.0727 e. The Morgan fingerprint density at radius 1 is 0.661 bits per heavy atom. The summed E-state index contributed by atoms with van der Waals surface area (Å²) in [5.41, 5.74) is 11.4. The predicted molar refractivity (Wildman–Crippen MR) is 245 cm³/mol. The van der Waals surface area contributed by atoms with Crippen LogP contribution in [0, 0.1) is 36.0 Å². The first kappa shape index (κ1) is 33.6. The van der Waals surface area contributed by atoms with Crippen LogP contribution < -0.4 is 25.8 Å². The van der Waals surface area contributed by atoms with E-state index in [9.17, 15) is 0 Å². The molecule has 6 aromatic rings. The number of para-hydroxylation sites is 1. The highest BCUT2D eigenvalue weighted by Gasteiger charge is 2.56. The third kappa shape index (κ3) is 5.13. The average Bonchev–Trinajstić information content (AvgIpc) is 4.20. The van der Waals surface area contributed by atoms with Crippen molar-refractivity contribution in [2.75, 3.05) is 4.90 Å². The molecule has 5 aromatic carbocycles. The molecular weight excluding hydrogens is 715 g/mol. The van der Waals surface area contributed by atoms with Crippen LogP contribution in [0.5, 0.6) is 0 Å². The molecule has 6 unspecified atom stereocenters. The number of fused-ring (bicyclic) bond motifs is 8. The van der Waals surface area contributed by atoms with Crippen molar-refractivity contribution in [1.29, 1.82) is 0 Å². The van der Waals surface area contributed by atoms with E-state index in [1.54, 1.807) is 0 Å². The Morgan fingerprint density at radius 2 is 1.47 bits per heavy atom. The third-order valence-corrected chi connectivity index (χ3v) is 14.7. The number of aromatic nitrogens is 1. The molecule has 286 valence electrons. The monoisotopic (exact) mass is 761 g/mol. The van der Waals surface area contributed by atoms with Gasteiger partial charge in [-0.15, -0.1) is 0 Å². The number of allylic oxidation sites excluding steroid dienone is 7. The first-order valence-electron chi connectivity index (χ1n) is 21.8. The Balaban J connectivity index is 0.996. The number of aryl methyl sites for hydroxylation is 1. The summed E-state index contributed by atoms with van der Waals surface area (Å²) in [6, 6.07) is 41.2. The molecule has 0 bridgehead atoms. The highest BCUT2D eigenvalue weighted by atomic mass is 15.2. The molecule has 0 aliphatic heterocycles. The van der Waals surface area contributed by atoms with Gasteiger partial charge in [0.1, 0.15) is 0 Å². The average molecular weight is 762 g/mol. The zero-order chi connectivity index (χ0) is 39.0. The van der Waals surface area contributed by atoms with Crippen molar-refractivity contribution < 1.29 is 0 Å². The SMILES string of the molecule is Cc1ccc(N(c2ccc3c(c2)c2ccccc2n3C23C=C(N(C4=CC5CC5(C)C=C4)C4=c5ccccc5=CCC=C4)C=CC2C3)c2cccc3c2=CC2CC2C=3)cc1. The lowest BCUT2D eigenvalue weighted by Gasteiger charge is -2.33. The van der Waals surface area contributed by atoms with E-state index in [4.69, 9.17) is 0 Å². The summed E-state index contributed by atoms with van der Waals surface area (Å²) in [6.07, 6.45) is 31.6. The van der Waals surface area contributed by atoms with Crippen molar-refractivity contribution in [3.63, 3.8) is 0 Å². The van der Waals surface area contributed by atoms with Crippen molar-refractivity contribution in [3.8, 4) is 0 Å². The number of hydrogen-bond donors (Lipinski definition) is 0. The van der Waals surface area contributed by atoms with Crippen LogP contribution in [0.1, 0.15) is 38.2 Å². The van der Waals surface area contributed by atoms with Gasteiger partial charge in [-0.1, -0.05) is 122 Å². The number of anilines is 3. The molecule has 3 nitrogen and oxygen atoms in total. The second kappa shape index (κ2) is 12.1. The summed E-state index contributed by atoms with van der Waals surface area (Å²) < 4.78 is 2.70.